The molecule has 3 aromatic heterocycles. The smallest absolute Gasteiger partial charge is 0.166 e. The number of aromatic nitrogens is 3. The molecule has 96 valence electrons. The largest absolute Gasteiger partial charge is 0.389 e. The van der Waals surface area contributed by atoms with Crippen molar-refractivity contribution >= 4 is 45.8 Å². The van der Waals surface area contributed by atoms with Crippen LogP contribution in [-0.2, 0) is 5.88 Å². The number of hydrogen-bond donors (Lipinski definition) is 1. The molecule has 3 rings (SSSR count). The van der Waals surface area contributed by atoms with Crippen LogP contribution in [0.15, 0.2) is 29.6 Å². The second-order valence-corrected chi connectivity index (χ2v) is 5.53. The van der Waals surface area contributed by atoms with E-state index in [1.807, 2.05) is 29.6 Å². The average Bonchev–Trinajstić information content (AvgIpc) is 3.06. The molecule has 19 heavy (non-hydrogen) atoms. The predicted octanol–water partition coefficient (Wildman–Crippen LogP) is 2.83. The number of alkyl halides is 1. The van der Waals surface area contributed by atoms with E-state index in [0.29, 0.717) is 22.0 Å². The first-order valence-corrected chi connectivity index (χ1v) is 7.31. The Morgan fingerprint density at radius 3 is 2.89 bits per heavy atom. The molecule has 0 radical (unpaired) electrons. The quantitative estimate of drug-likeness (QED) is 0.597. The molecule has 0 amide bonds. The maximum atomic E-state index is 5.81. The van der Waals surface area contributed by atoms with E-state index in [1.54, 1.807) is 15.9 Å². The zero-order chi connectivity index (χ0) is 13.4. The molecule has 0 aliphatic carbocycles. The number of nitrogens with zero attached hydrogens (tertiary/aromatic N) is 3. The molecule has 0 spiro atoms. The number of nitrogens with two attached hydrogens (primary N) is 1. The first kappa shape index (κ1) is 12.5. The first-order chi connectivity index (χ1) is 9.20. The lowest BCUT2D eigenvalue weighted by Gasteiger charge is -2.05. The predicted molar refractivity (Wildman–Crippen MR) is 81.7 cm³/mol. The second-order valence-electron chi connectivity index (χ2n) is 3.87. The van der Waals surface area contributed by atoms with Crippen LogP contribution in [0, 0.1) is 0 Å². The minimum absolute atomic E-state index is 0.252. The van der Waals surface area contributed by atoms with E-state index in [4.69, 9.17) is 29.6 Å². The van der Waals surface area contributed by atoms with Crippen molar-refractivity contribution in [1.82, 2.24) is 14.6 Å². The lowest BCUT2D eigenvalue weighted by Crippen LogP contribution is -2.12. The van der Waals surface area contributed by atoms with Gasteiger partial charge < -0.3 is 5.73 Å². The third-order valence-electron chi connectivity index (χ3n) is 2.69. The Morgan fingerprint density at radius 1 is 1.42 bits per heavy atom. The summed E-state index contributed by atoms with van der Waals surface area (Å²) >= 11 is 12.5. The number of thiocarbonyl (C=S) groups is 1. The average molecular weight is 309 g/mol. The van der Waals surface area contributed by atoms with Crippen molar-refractivity contribution in [2.45, 2.75) is 5.88 Å². The summed E-state index contributed by atoms with van der Waals surface area (Å²) in [6.07, 6.45) is 0. The van der Waals surface area contributed by atoms with Gasteiger partial charge in [-0.2, -0.15) is 0 Å². The van der Waals surface area contributed by atoms with E-state index in [1.165, 1.54) is 0 Å². The summed E-state index contributed by atoms with van der Waals surface area (Å²) < 4.78 is 1.75. The fourth-order valence-corrected chi connectivity index (χ4v) is 2.87. The van der Waals surface area contributed by atoms with Crippen molar-refractivity contribution in [2.24, 2.45) is 5.73 Å². The monoisotopic (exact) mass is 308 g/mol. The highest BCUT2D eigenvalue weighted by molar-refractivity contribution is 7.80. The van der Waals surface area contributed by atoms with Crippen LogP contribution in [0.3, 0.4) is 0 Å². The maximum absolute atomic E-state index is 5.81. The highest BCUT2D eigenvalue weighted by Gasteiger charge is 2.14. The summed E-state index contributed by atoms with van der Waals surface area (Å²) in [5.74, 6) is 0.811. The lowest BCUT2D eigenvalue weighted by atomic mass is 10.2. The van der Waals surface area contributed by atoms with Gasteiger partial charge >= 0.3 is 0 Å². The van der Waals surface area contributed by atoms with Crippen LogP contribution < -0.4 is 5.73 Å². The summed E-state index contributed by atoms with van der Waals surface area (Å²) in [6.45, 7) is 0. The Kier molecular flexibility index (Phi) is 3.22. The molecule has 0 aliphatic heterocycles. The Hall–Kier alpha value is -1.50. The first-order valence-electron chi connectivity index (χ1n) is 5.49. The fourth-order valence-electron chi connectivity index (χ4n) is 1.86. The zero-order valence-electron chi connectivity index (χ0n) is 9.71. The third kappa shape index (κ3) is 2.11. The normalized spacial score (nSPS) is 11.0. The van der Waals surface area contributed by atoms with Crippen molar-refractivity contribution in [2.75, 3.05) is 0 Å². The Bertz CT molecular complexity index is 749. The van der Waals surface area contributed by atoms with Crippen LogP contribution >= 0.6 is 35.2 Å². The summed E-state index contributed by atoms with van der Waals surface area (Å²) in [7, 11) is 0. The molecule has 0 saturated heterocycles. The van der Waals surface area contributed by atoms with Gasteiger partial charge in [-0.05, 0) is 23.6 Å². The van der Waals surface area contributed by atoms with Crippen LogP contribution in [0.5, 0.6) is 0 Å². The Balaban J connectivity index is 2.34. The lowest BCUT2D eigenvalue weighted by molar-refractivity contribution is 0.931. The summed E-state index contributed by atoms with van der Waals surface area (Å²) in [4.78, 5) is 5.78. The van der Waals surface area contributed by atoms with Crippen molar-refractivity contribution in [3.8, 4) is 10.6 Å². The van der Waals surface area contributed by atoms with Gasteiger partial charge in [0.15, 0.2) is 11.5 Å². The second kappa shape index (κ2) is 4.88. The molecule has 0 aliphatic rings. The standard InChI is InChI=1S/C12H9ClN4S2/c13-6-10-15-12-7(11(14)18)3-4-8(17(12)16-10)9-2-1-5-19-9/h1-5H,6H2,(H2,14,18). The van der Waals surface area contributed by atoms with E-state index in [2.05, 4.69) is 10.1 Å². The van der Waals surface area contributed by atoms with Gasteiger partial charge in [0, 0.05) is 0 Å². The van der Waals surface area contributed by atoms with Crippen molar-refractivity contribution in [1.29, 1.82) is 0 Å². The number of hydrogen-bond acceptors (Lipinski definition) is 4. The minimum Gasteiger partial charge on any atom is -0.389 e. The van der Waals surface area contributed by atoms with Crippen molar-refractivity contribution in [3.05, 3.63) is 41.0 Å². The van der Waals surface area contributed by atoms with Gasteiger partial charge in [0.25, 0.3) is 0 Å². The van der Waals surface area contributed by atoms with E-state index < -0.39 is 0 Å². The molecule has 0 fully saturated rings. The topological polar surface area (TPSA) is 56.2 Å². The number of rotatable bonds is 3. The molecular formula is C12H9ClN4S2. The fraction of sp³-hybridized carbons (Fsp3) is 0.0833. The highest BCUT2D eigenvalue weighted by atomic mass is 35.5. The summed E-state index contributed by atoms with van der Waals surface area (Å²) in [6, 6.07) is 7.84. The molecule has 0 bridgehead atoms. The molecule has 2 N–H and O–H groups in total. The van der Waals surface area contributed by atoms with Gasteiger partial charge in [-0.15, -0.1) is 28.0 Å². The molecule has 3 heterocycles. The molecule has 4 nitrogen and oxygen atoms in total. The molecule has 3 aromatic rings. The molecule has 0 saturated carbocycles. The van der Waals surface area contributed by atoms with Gasteiger partial charge in [0.05, 0.1) is 22.0 Å². The van der Waals surface area contributed by atoms with Crippen LogP contribution in [0.2, 0.25) is 0 Å². The van der Waals surface area contributed by atoms with Gasteiger partial charge in [0.2, 0.25) is 0 Å². The van der Waals surface area contributed by atoms with Crippen LogP contribution in [0.1, 0.15) is 11.4 Å². The highest BCUT2D eigenvalue weighted by Crippen LogP contribution is 2.26. The van der Waals surface area contributed by atoms with Crippen molar-refractivity contribution < 1.29 is 0 Å². The van der Waals surface area contributed by atoms with Gasteiger partial charge in [-0.1, -0.05) is 18.3 Å². The zero-order valence-corrected chi connectivity index (χ0v) is 12.1. The summed E-state index contributed by atoms with van der Waals surface area (Å²) in [5.41, 5.74) is 8.03. The summed E-state index contributed by atoms with van der Waals surface area (Å²) in [5, 5.41) is 6.41. The van der Waals surface area contributed by atoms with Gasteiger partial charge in [0.1, 0.15) is 4.99 Å². The maximum Gasteiger partial charge on any atom is 0.166 e. The molecule has 0 unspecified atom stereocenters. The Labute approximate surface area is 123 Å². The van der Waals surface area contributed by atoms with Gasteiger partial charge in [-0.3, -0.25) is 0 Å². The Morgan fingerprint density at radius 2 is 2.26 bits per heavy atom. The van der Waals surface area contributed by atoms with E-state index in [0.717, 1.165) is 10.6 Å². The molecule has 0 atom stereocenters. The van der Waals surface area contributed by atoms with Crippen molar-refractivity contribution in [3.63, 3.8) is 0 Å². The van der Waals surface area contributed by atoms with Gasteiger partial charge in [-0.25, -0.2) is 9.50 Å². The van der Waals surface area contributed by atoms with Crippen LogP contribution in [0.4, 0.5) is 0 Å². The molecule has 0 aromatic carbocycles. The van der Waals surface area contributed by atoms with Crippen LogP contribution in [-0.4, -0.2) is 19.6 Å². The SMILES string of the molecule is NC(=S)c1ccc(-c2cccs2)n2nc(CCl)nc12. The number of halogens is 1. The van der Waals surface area contributed by atoms with E-state index >= 15 is 0 Å². The number of fused-ring (bicyclic) bond motifs is 1. The number of thiophene rings is 1. The minimum atomic E-state index is 0.252. The molecule has 7 heteroatoms. The number of pyridine rings is 1. The van der Waals surface area contributed by atoms with E-state index in [9.17, 15) is 0 Å². The molecular weight excluding hydrogens is 300 g/mol. The van der Waals surface area contributed by atoms with E-state index in [-0.39, 0.29) is 5.88 Å². The third-order valence-corrected chi connectivity index (χ3v) is 4.04. The van der Waals surface area contributed by atoms with Crippen LogP contribution in [0.25, 0.3) is 16.2 Å².